The summed E-state index contributed by atoms with van der Waals surface area (Å²) in [6.45, 7) is 10.5. The zero-order chi connectivity index (χ0) is 28.0. The van der Waals surface area contributed by atoms with Crippen LogP contribution < -0.4 is 5.32 Å². The van der Waals surface area contributed by atoms with Crippen molar-refractivity contribution in [2.24, 2.45) is 5.92 Å². The van der Waals surface area contributed by atoms with Gasteiger partial charge in [0.05, 0.1) is 5.70 Å². The van der Waals surface area contributed by atoms with Crippen LogP contribution in [0.5, 0.6) is 0 Å². The average molecular weight is 542 g/mol. The highest BCUT2D eigenvalue weighted by Gasteiger charge is 2.32. The SMILES string of the molecule is C=C/C(OC(F)(F)P)=C(\C=C)N1CCC(CNC(=O)C(O)C(O)C(=O)N(C)CC)CC1.c1ccccc1. The van der Waals surface area contributed by atoms with Crippen LogP contribution in [-0.2, 0) is 14.3 Å². The second-order valence-electron chi connectivity index (χ2n) is 8.39. The molecule has 1 aliphatic rings. The summed E-state index contributed by atoms with van der Waals surface area (Å²) in [4.78, 5) is 27.0. The Morgan fingerprint density at radius 2 is 1.65 bits per heavy atom. The number of nitrogens with zero attached hydrogens (tertiary/aromatic N) is 2. The number of amides is 2. The number of carbonyl (C=O) groups is 2. The molecule has 0 aromatic heterocycles. The summed E-state index contributed by atoms with van der Waals surface area (Å²) in [5, 5.41) is 22.4. The van der Waals surface area contributed by atoms with Crippen LogP contribution in [0.3, 0.4) is 0 Å². The summed E-state index contributed by atoms with van der Waals surface area (Å²) in [6, 6.07) is 12.0. The molecule has 3 atom stereocenters. The van der Waals surface area contributed by atoms with Gasteiger partial charge in [-0.25, -0.2) is 0 Å². The molecule has 8 nitrogen and oxygen atoms in total. The lowest BCUT2D eigenvalue weighted by molar-refractivity contribution is -0.152. The van der Waals surface area contributed by atoms with Crippen LogP contribution >= 0.6 is 9.24 Å². The lowest BCUT2D eigenvalue weighted by Gasteiger charge is -2.35. The van der Waals surface area contributed by atoms with E-state index in [1.54, 1.807) is 6.92 Å². The van der Waals surface area contributed by atoms with Gasteiger partial charge in [-0.1, -0.05) is 49.6 Å². The van der Waals surface area contributed by atoms with Crippen LogP contribution in [0.25, 0.3) is 0 Å². The lowest BCUT2D eigenvalue weighted by atomic mass is 9.96. The Morgan fingerprint density at radius 1 is 1.14 bits per heavy atom. The third kappa shape index (κ3) is 11.4. The van der Waals surface area contributed by atoms with Crippen molar-refractivity contribution in [3.63, 3.8) is 0 Å². The van der Waals surface area contributed by atoms with Gasteiger partial charge in [-0.05, 0) is 47.1 Å². The van der Waals surface area contributed by atoms with Gasteiger partial charge in [0.1, 0.15) is 5.76 Å². The number of hydrogen-bond donors (Lipinski definition) is 3. The maximum absolute atomic E-state index is 13.2. The fourth-order valence-electron chi connectivity index (χ4n) is 3.50. The highest BCUT2D eigenvalue weighted by atomic mass is 31.0. The van der Waals surface area contributed by atoms with Crippen molar-refractivity contribution in [3.05, 3.63) is 73.2 Å². The zero-order valence-electron chi connectivity index (χ0n) is 21.4. The monoisotopic (exact) mass is 541 g/mol. The number of allylic oxidation sites excluding steroid dienone is 2. The number of aliphatic hydroxyl groups excluding tert-OH is 2. The van der Waals surface area contributed by atoms with Crippen molar-refractivity contribution in [1.29, 1.82) is 0 Å². The standard InChI is InChI=1S/C20H32F2N3O5P.C6H6/c1-5-14(15(6-2)30-20(21,22)31)25-10-8-13(9-11-25)12-23-18(28)16(26)17(27)19(29)24(4)7-3;1-2-4-6-5-3-1/h5-6,13,16-17,26-27H,1-2,7-12,31H2,3-4H3,(H,23,28);1-6H/b15-14-;. The van der Waals surface area contributed by atoms with Crippen LogP contribution in [0.2, 0.25) is 0 Å². The van der Waals surface area contributed by atoms with E-state index in [1.807, 2.05) is 41.3 Å². The van der Waals surface area contributed by atoms with Gasteiger partial charge < -0.3 is 30.1 Å². The van der Waals surface area contributed by atoms with E-state index in [0.29, 0.717) is 38.2 Å². The third-order valence-electron chi connectivity index (χ3n) is 5.74. The number of carbonyl (C=O) groups excluding carboxylic acids is 2. The smallest absolute Gasteiger partial charge is 0.408 e. The molecule has 11 heteroatoms. The van der Waals surface area contributed by atoms with E-state index in [1.165, 1.54) is 33.3 Å². The fourth-order valence-corrected chi connectivity index (χ4v) is 3.63. The zero-order valence-corrected chi connectivity index (χ0v) is 22.5. The second kappa shape index (κ2) is 16.1. The van der Waals surface area contributed by atoms with Gasteiger partial charge in [-0.2, -0.15) is 8.78 Å². The summed E-state index contributed by atoms with van der Waals surface area (Å²) in [5.74, 6) is -5.01. The number of rotatable bonds is 11. The summed E-state index contributed by atoms with van der Waals surface area (Å²) in [7, 11) is 2.76. The third-order valence-corrected chi connectivity index (χ3v) is 5.85. The van der Waals surface area contributed by atoms with Crippen molar-refractivity contribution in [2.45, 2.75) is 37.8 Å². The van der Waals surface area contributed by atoms with Gasteiger partial charge in [0, 0.05) is 33.2 Å². The Bertz CT molecular complexity index is 877. The number of ether oxygens (including phenoxy) is 1. The molecule has 1 saturated heterocycles. The molecule has 37 heavy (non-hydrogen) atoms. The summed E-state index contributed by atoms with van der Waals surface area (Å²) >= 11 is 0. The highest BCUT2D eigenvalue weighted by molar-refractivity contribution is 7.17. The molecular formula is C26H38F2N3O5P. The van der Waals surface area contributed by atoms with E-state index in [2.05, 4.69) is 23.2 Å². The topological polar surface area (TPSA) is 102 Å². The molecule has 2 rings (SSSR count). The van der Waals surface area contributed by atoms with E-state index in [0.717, 1.165) is 0 Å². The molecule has 0 aliphatic carbocycles. The molecule has 0 spiro atoms. The molecule has 3 N–H and O–H groups in total. The Kier molecular flexibility index (Phi) is 14.0. The molecule has 1 aromatic rings. The molecule has 3 unspecified atom stereocenters. The first-order chi connectivity index (χ1) is 17.4. The normalized spacial score (nSPS) is 16.2. The predicted molar refractivity (Wildman–Crippen MR) is 142 cm³/mol. The Labute approximate surface area is 219 Å². The lowest BCUT2D eigenvalue weighted by Crippen LogP contribution is -2.50. The molecule has 1 aliphatic heterocycles. The van der Waals surface area contributed by atoms with Gasteiger partial charge in [0.15, 0.2) is 12.2 Å². The van der Waals surface area contributed by atoms with E-state index in [9.17, 15) is 28.6 Å². The van der Waals surface area contributed by atoms with Gasteiger partial charge in [0.25, 0.3) is 11.8 Å². The Morgan fingerprint density at radius 3 is 2.05 bits per heavy atom. The number of nitrogens with one attached hydrogen (secondary N) is 1. The predicted octanol–water partition coefficient (Wildman–Crippen LogP) is 2.73. The van der Waals surface area contributed by atoms with Crippen molar-refractivity contribution >= 4 is 21.1 Å². The van der Waals surface area contributed by atoms with Gasteiger partial charge in [-0.3, -0.25) is 9.59 Å². The Balaban J connectivity index is 0.000000992. The van der Waals surface area contributed by atoms with E-state index >= 15 is 0 Å². The molecular weight excluding hydrogens is 503 g/mol. The van der Waals surface area contributed by atoms with Crippen LogP contribution in [0, 0.1) is 5.92 Å². The number of piperidine rings is 1. The summed E-state index contributed by atoms with van der Waals surface area (Å²) < 4.78 is 31.0. The van der Waals surface area contributed by atoms with Crippen LogP contribution in [0.4, 0.5) is 8.78 Å². The summed E-state index contributed by atoms with van der Waals surface area (Å²) in [5.41, 5.74) is 0.400. The minimum Gasteiger partial charge on any atom is -0.428 e. The van der Waals surface area contributed by atoms with Crippen molar-refractivity contribution < 1.29 is 33.3 Å². The van der Waals surface area contributed by atoms with E-state index < -0.39 is 29.9 Å². The Hall–Kier alpha value is -2.81. The number of benzene rings is 1. The van der Waals surface area contributed by atoms with E-state index in [-0.39, 0.29) is 18.2 Å². The largest absolute Gasteiger partial charge is 0.428 e. The molecule has 0 bridgehead atoms. The molecule has 2 amide bonds. The molecule has 0 radical (unpaired) electrons. The van der Waals surface area contributed by atoms with Crippen molar-refractivity contribution in [3.8, 4) is 0 Å². The maximum atomic E-state index is 13.2. The summed E-state index contributed by atoms with van der Waals surface area (Å²) in [6.07, 6.45) is 0.199. The number of halogens is 2. The van der Waals surface area contributed by atoms with Crippen LogP contribution in [0.1, 0.15) is 19.8 Å². The first kappa shape index (κ1) is 32.2. The van der Waals surface area contributed by atoms with Gasteiger partial charge in [-0.15, -0.1) is 0 Å². The average Bonchev–Trinajstić information content (AvgIpc) is 2.91. The fraction of sp³-hybridized carbons (Fsp3) is 0.462. The molecule has 1 aromatic carbocycles. The molecule has 1 fully saturated rings. The molecule has 1 heterocycles. The first-order valence-electron chi connectivity index (χ1n) is 11.9. The number of aliphatic hydroxyl groups is 2. The molecule has 206 valence electrons. The van der Waals surface area contributed by atoms with Crippen molar-refractivity contribution in [2.75, 3.05) is 33.2 Å². The van der Waals surface area contributed by atoms with Gasteiger partial charge >= 0.3 is 5.85 Å². The number of likely N-dealkylation sites (N-methyl/N-ethyl adjacent to an activating group) is 1. The van der Waals surface area contributed by atoms with Gasteiger partial charge in [0.2, 0.25) is 0 Å². The first-order valence-corrected chi connectivity index (χ1v) is 12.5. The van der Waals surface area contributed by atoms with Crippen molar-refractivity contribution in [1.82, 2.24) is 15.1 Å². The number of alkyl halides is 2. The minimum absolute atomic E-state index is 0.0703. The molecule has 0 saturated carbocycles. The van der Waals surface area contributed by atoms with Crippen LogP contribution in [0.15, 0.2) is 73.2 Å². The quantitative estimate of drug-likeness (QED) is 0.226. The number of likely N-dealkylation sites (tertiary alicyclic amines) is 1. The van der Waals surface area contributed by atoms with Crippen LogP contribution in [-0.4, -0.2) is 83.1 Å². The highest BCUT2D eigenvalue weighted by Crippen LogP contribution is 2.30. The van der Waals surface area contributed by atoms with E-state index in [4.69, 9.17) is 0 Å². The second-order valence-corrected chi connectivity index (χ2v) is 9.07. The maximum Gasteiger partial charge on any atom is 0.408 e. The minimum atomic E-state index is -3.43. The number of hydrogen-bond acceptors (Lipinski definition) is 6.